The molecule has 1 fully saturated rings. The molecule has 0 atom stereocenters. The van der Waals surface area contributed by atoms with Gasteiger partial charge in [0, 0.05) is 36.6 Å². The van der Waals surface area contributed by atoms with Crippen molar-refractivity contribution >= 4 is 11.6 Å². The highest BCUT2D eigenvalue weighted by Gasteiger charge is 2.14. The summed E-state index contributed by atoms with van der Waals surface area (Å²) in [5.74, 6) is 7.80. The molecule has 0 unspecified atom stereocenters. The predicted molar refractivity (Wildman–Crippen MR) is 112 cm³/mol. The highest BCUT2D eigenvalue weighted by molar-refractivity contribution is 5.69. The summed E-state index contributed by atoms with van der Waals surface area (Å²) in [6.07, 6.45) is 5.86. The lowest BCUT2D eigenvalue weighted by Crippen LogP contribution is -2.36. The number of hydrogen-bond acceptors (Lipinski definition) is 7. The zero-order chi connectivity index (χ0) is 20.1. The Labute approximate surface area is 170 Å². The van der Waals surface area contributed by atoms with Crippen molar-refractivity contribution in [3.8, 4) is 23.1 Å². The number of pyridine rings is 2. The summed E-state index contributed by atoms with van der Waals surface area (Å²) in [7, 11) is 0. The van der Waals surface area contributed by atoms with Crippen LogP contribution in [0.25, 0.3) is 11.3 Å². The summed E-state index contributed by atoms with van der Waals surface area (Å²) in [5, 5.41) is 0. The van der Waals surface area contributed by atoms with Gasteiger partial charge in [-0.3, -0.25) is 0 Å². The number of ether oxygens (including phenoxy) is 1. The highest BCUT2D eigenvalue weighted by Crippen LogP contribution is 2.24. The van der Waals surface area contributed by atoms with Crippen molar-refractivity contribution in [2.24, 2.45) is 0 Å². The zero-order valence-electron chi connectivity index (χ0n) is 16.3. The second-order valence-corrected chi connectivity index (χ2v) is 6.62. The summed E-state index contributed by atoms with van der Waals surface area (Å²) < 4.78 is 5.41. The van der Waals surface area contributed by atoms with Crippen molar-refractivity contribution in [3.63, 3.8) is 0 Å². The molecule has 7 heteroatoms. The molecule has 0 amide bonds. The fourth-order valence-electron chi connectivity index (χ4n) is 3.16. The first-order valence-electron chi connectivity index (χ1n) is 9.61. The Balaban J connectivity index is 1.68. The number of aromatic nitrogens is 4. The van der Waals surface area contributed by atoms with Gasteiger partial charge < -0.3 is 15.4 Å². The second kappa shape index (κ2) is 8.67. The maximum Gasteiger partial charge on any atom is 0.128 e. The maximum atomic E-state index is 5.65. The van der Waals surface area contributed by atoms with Crippen molar-refractivity contribution in [3.05, 3.63) is 59.8 Å². The predicted octanol–water partition coefficient (Wildman–Crippen LogP) is 2.31. The molecule has 0 spiro atoms. The van der Waals surface area contributed by atoms with E-state index in [4.69, 9.17) is 10.5 Å². The first kappa shape index (κ1) is 18.8. The van der Waals surface area contributed by atoms with E-state index in [1.807, 2.05) is 24.4 Å². The minimum absolute atomic E-state index is 0.472. The molecule has 0 radical (unpaired) electrons. The Bertz CT molecular complexity index is 1030. The third-order valence-corrected chi connectivity index (χ3v) is 4.74. The van der Waals surface area contributed by atoms with Crippen molar-refractivity contribution < 1.29 is 4.74 Å². The van der Waals surface area contributed by atoms with Crippen molar-refractivity contribution in [2.75, 3.05) is 36.9 Å². The van der Waals surface area contributed by atoms with Crippen molar-refractivity contribution in [2.45, 2.75) is 13.3 Å². The van der Waals surface area contributed by atoms with Crippen LogP contribution in [-0.4, -0.2) is 46.2 Å². The molecule has 4 rings (SSSR count). The smallest absolute Gasteiger partial charge is 0.128 e. The molecular weight excluding hydrogens is 364 g/mol. The number of anilines is 2. The Hall–Kier alpha value is -3.50. The molecule has 1 aliphatic heterocycles. The number of rotatable bonds is 3. The van der Waals surface area contributed by atoms with Gasteiger partial charge in [0.25, 0.3) is 0 Å². The number of nitrogens with zero attached hydrogens (tertiary/aromatic N) is 5. The van der Waals surface area contributed by atoms with Crippen LogP contribution in [0.1, 0.15) is 23.7 Å². The minimum atomic E-state index is 0.472. The molecule has 1 saturated heterocycles. The molecule has 29 heavy (non-hydrogen) atoms. The van der Waals surface area contributed by atoms with Crippen LogP contribution in [0, 0.1) is 11.8 Å². The number of morpholine rings is 1. The van der Waals surface area contributed by atoms with Crippen molar-refractivity contribution in [1.82, 2.24) is 19.9 Å². The Morgan fingerprint density at radius 3 is 2.55 bits per heavy atom. The van der Waals surface area contributed by atoms with E-state index in [2.05, 4.69) is 43.6 Å². The van der Waals surface area contributed by atoms with E-state index in [9.17, 15) is 0 Å². The van der Waals surface area contributed by atoms with Crippen LogP contribution in [0.5, 0.6) is 0 Å². The van der Waals surface area contributed by atoms with E-state index in [1.54, 1.807) is 18.6 Å². The average Bonchev–Trinajstić information content (AvgIpc) is 2.79. The summed E-state index contributed by atoms with van der Waals surface area (Å²) in [4.78, 5) is 19.9. The monoisotopic (exact) mass is 386 g/mol. The van der Waals surface area contributed by atoms with Crippen LogP contribution in [0.4, 0.5) is 11.6 Å². The Morgan fingerprint density at radius 2 is 1.86 bits per heavy atom. The molecule has 7 nitrogen and oxygen atoms in total. The first-order valence-corrected chi connectivity index (χ1v) is 9.61. The van der Waals surface area contributed by atoms with Gasteiger partial charge in [-0.25, -0.2) is 19.9 Å². The van der Waals surface area contributed by atoms with Gasteiger partial charge in [-0.15, -0.1) is 0 Å². The van der Waals surface area contributed by atoms with Crippen molar-refractivity contribution in [1.29, 1.82) is 0 Å². The Kier molecular flexibility index (Phi) is 5.63. The van der Waals surface area contributed by atoms with Crippen LogP contribution in [0.3, 0.4) is 0 Å². The molecule has 2 N–H and O–H groups in total. The largest absolute Gasteiger partial charge is 0.384 e. The third-order valence-electron chi connectivity index (χ3n) is 4.74. The number of nitrogens with two attached hydrogens (primary N) is 1. The molecule has 0 saturated carbocycles. The highest BCUT2D eigenvalue weighted by atomic mass is 16.5. The summed E-state index contributed by atoms with van der Waals surface area (Å²) in [6.45, 7) is 5.23. The van der Waals surface area contributed by atoms with Crippen LogP contribution in [0.2, 0.25) is 0 Å². The fraction of sp³-hybridized carbons (Fsp3) is 0.273. The molecule has 1 aliphatic rings. The van der Waals surface area contributed by atoms with E-state index < -0.39 is 0 Å². The normalized spacial score (nSPS) is 13.6. The molecule has 4 heterocycles. The van der Waals surface area contributed by atoms with Crippen LogP contribution >= 0.6 is 0 Å². The Morgan fingerprint density at radius 1 is 1.00 bits per heavy atom. The SMILES string of the molecule is CCc1ncnc(-c2ccc(N3CCOCC3)nc2)c1C#Cc1ccc(N)nc1. The number of hydrogen-bond donors (Lipinski definition) is 1. The van der Waals surface area contributed by atoms with Gasteiger partial charge in [0.05, 0.1) is 30.2 Å². The topological polar surface area (TPSA) is 90.0 Å². The van der Waals surface area contributed by atoms with Gasteiger partial charge in [0.2, 0.25) is 0 Å². The number of nitrogen functional groups attached to an aromatic ring is 1. The average molecular weight is 386 g/mol. The second-order valence-electron chi connectivity index (χ2n) is 6.62. The van der Waals surface area contributed by atoms with Gasteiger partial charge in [-0.05, 0) is 30.7 Å². The van der Waals surface area contributed by atoms with Crippen LogP contribution < -0.4 is 10.6 Å². The van der Waals surface area contributed by atoms with Gasteiger partial charge in [-0.1, -0.05) is 18.8 Å². The van der Waals surface area contributed by atoms with E-state index in [-0.39, 0.29) is 0 Å². The summed E-state index contributed by atoms with van der Waals surface area (Å²) in [5.41, 5.74) is 9.86. The molecular formula is C22H22N6O. The fourth-order valence-corrected chi connectivity index (χ4v) is 3.16. The lowest BCUT2D eigenvalue weighted by atomic mass is 10.0. The van der Waals surface area contributed by atoms with E-state index in [0.717, 1.165) is 66.6 Å². The van der Waals surface area contributed by atoms with Crippen LogP contribution in [-0.2, 0) is 11.2 Å². The molecule has 0 bridgehead atoms. The zero-order valence-corrected chi connectivity index (χ0v) is 16.3. The lowest BCUT2D eigenvalue weighted by molar-refractivity contribution is 0.122. The number of aryl methyl sites for hydroxylation is 1. The molecule has 3 aromatic heterocycles. The first-order chi connectivity index (χ1) is 14.2. The maximum absolute atomic E-state index is 5.65. The van der Waals surface area contributed by atoms with Gasteiger partial charge in [-0.2, -0.15) is 0 Å². The summed E-state index contributed by atoms with van der Waals surface area (Å²) in [6, 6.07) is 7.65. The molecule has 146 valence electrons. The summed E-state index contributed by atoms with van der Waals surface area (Å²) >= 11 is 0. The van der Waals surface area contributed by atoms with E-state index >= 15 is 0 Å². The van der Waals surface area contributed by atoms with E-state index in [1.165, 1.54) is 0 Å². The minimum Gasteiger partial charge on any atom is -0.384 e. The van der Waals surface area contributed by atoms with Gasteiger partial charge >= 0.3 is 0 Å². The van der Waals surface area contributed by atoms with Crippen LogP contribution in [0.15, 0.2) is 43.0 Å². The molecule has 3 aromatic rings. The molecule has 0 aliphatic carbocycles. The lowest BCUT2D eigenvalue weighted by Gasteiger charge is -2.27. The van der Waals surface area contributed by atoms with Gasteiger partial charge in [0.15, 0.2) is 0 Å². The molecule has 0 aromatic carbocycles. The van der Waals surface area contributed by atoms with Gasteiger partial charge in [0.1, 0.15) is 18.0 Å². The van der Waals surface area contributed by atoms with E-state index in [0.29, 0.717) is 5.82 Å². The standard InChI is InChI=1S/C22H22N6O/c1-2-19-18(6-3-16-4-7-20(23)24-13-16)22(27-15-26-19)17-5-8-21(25-14-17)28-9-11-29-12-10-28/h4-5,7-8,13-15H,2,9-12H2,1H3,(H2,23,24). The quantitative estimate of drug-likeness (QED) is 0.691. The third kappa shape index (κ3) is 4.33.